The van der Waals surface area contributed by atoms with E-state index in [1.807, 2.05) is 41.5 Å². The highest BCUT2D eigenvalue weighted by molar-refractivity contribution is 6.05. The maximum Gasteiger partial charge on any atom is 0.254 e. The number of hydrogen-bond acceptors (Lipinski definition) is 5. The van der Waals surface area contributed by atoms with Crippen LogP contribution in [0.25, 0.3) is 0 Å². The van der Waals surface area contributed by atoms with Gasteiger partial charge in [-0.25, -0.2) is 0 Å². The van der Waals surface area contributed by atoms with Gasteiger partial charge in [-0.05, 0) is 48.9 Å². The largest absolute Gasteiger partial charge is 0.377 e. The fourth-order valence-corrected chi connectivity index (χ4v) is 3.02. The minimum atomic E-state index is -0.663. The molecule has 29 heavy (non-hydrogen) atoms. The van der Waals surface area contributed by atoms with Crippen LogP contribution in [0.3, 0.4) is 0 Å². The van der Waals surface area contributed by atoms with Crippen molar-refractivity contribution in [3.8, 4) is 6.07 Å². The van der Waals surface area contributed by atoms with Crippen LogP contribution in [0.2, 0.25) is 0 Å². The average Bonchev–Trinajstić information content (AvgIpc) is 2.69. The number of benzene rings is 1. The molecule has 0 aliphatic rings. The molecule has 2 aromatic carbocycles. The van der Waals surface area contributed by atoms with Crippen LogP contribution in [0.4, 0.5) is 17.1 Å². The quantitative estimate of drug-likeness (QED) is 0.715. The van der Waals surface area contributed by atoms with Crippen molar-refractivity contribution in [2.45, 2.75) is 66.8 Å². The van der Waals surface area contributed by atoms with Gasteiger partial charge in [0.15, 0.2) is 0 Å². The molecule has 0 aliphatic carbocycles. The molecule has 0 spiro atoms. The molecular weight excluding hydrogens is 366 g/mol. The molecule has 6 heteroatoms. The Morgan fingerprint density at radius 3 is 2.38 bits per heavy atom. The Hall–Kier alpha value is -2.94. The van der Waals surface area contributed by atoms with Crippen molar-refractivity contribution >= 4 is 23.0 Å². The summed E-state index contributed by atoms with van der Waals surface area (Å²) < 4.78 is 0. The van der Waals surface area contributed by atoms with Gasteiger partial charge in [0, 0.05) is 12.5 Å². The number of aryl methyl sites for hydroxylation is 1. The zero-order valence-corrected chi connectivity index (χ0v) is 18.0. The molecule has 1 atom stereocenters. The zero-order chi connectivity index (χ0) is 21.9. The second-order valence-corrected chi connectivity index (χ2v) is 8.40. The summed E-state index contributed by atoms with van der Waals surface area (Å²) in [6.07, 6.45) is 1.44. The van der Waals surface area contributed by atoms with Crippen molar-refractivity contribution in [3.05, 3.63) is 49.8 Å². The molecule has 1 N–H and O–H groups in total. The Balaban J connectivity index is 2.64. The summed E-state index contributed by atoms with van der Waals surface area (Å²) in [4.78, 5) is 39.3. The molecule has 154 valence electrons. The number of amides is 1. The van der Waals surface area contributed by atoms with E-state index < -0.39 is 10.9 Å². The average molecular weight is 396 g/mol. The highest BCUT2D eigenvalue weighted by atomic mass is 16.2. The van der Waals surface area contributed by atoms with Crippen molar-refractivity contribution < 1.29 is 4.79 Å². The van der Waals surface area contributed by atoms with Crippen molar-refractivity contribution in [2.24, 2.45) is 5.41 Å². The molecule has 0 radical (unpaired) electrons. The molecule has 0 fully saturated rings. The minimum absolute atomic E-state index is 0.0840. The van der Waals surface area contributed by atoms with Crippen molar-refractivity contribution in [3.63, 3.8) is 0 Å². The predicted molar refractivity (Wildman–Crippen MR) is 116 cm³/mol. The van der Waals surface area contributed by atoms with Crippen LogP contribution in [0, 0.1) is 16.7 Å². The number of rotatable bonds is 7. The monoisotopic (exact) mass is 395 g/mol. The topological polar surface area (TPSA) is 90.3 Å². The third-order valence-electron chi connectivity index (χ3n) is 5.31. The number of nitrogens with one attached hydrogen (secondary N) is 1. The van der Waals surface area contributed by atoms with Gasteiger partial charge in [0.1, 0.15) is 11.4 Å². The maximum atomic E-state index is 13.0. The van der Waals surface area contributed by atoms with Gasteiger partial charge in [0.2, 0.25) is 5.91 Å². The smallest absolute Gasteiger partial charge is 0.254 e. The van der Waals surface area contributed by atoms with Crippen molar-refractivity contribution in [1.29, 1.82) is 5.26 Å². The van der Waals surface area contributed by atoms with E-state index in [1.165, 1.54) is 4.90 Å². The standard InChI is InChI=1S/C23H29N3O3/c1-7-9-18(27)26(17-11-10-15(13-24)12-16(17)8-2)20-19(21(28)22(20)29)25-14(3)23(4,5)6/h10-12,14,25H,7-9H2,1-6H3. The van der Waals surface area contributed by atoms with E-state index in [2.05, 4.69) is 11.4 Å². The molecule has 0 saturated carbocycles. The fourth-order valence-electron chi connectivity index (χ4n) is 3.02. The second kappa shape index (κ2) is 8.60. The van der Waals surface area contributed by atoms with Gasteiger partial charge >= 0.3 is 0 Å². The summed E-state index contributed by atoms with van der Waals surface area (Å²) >= 11 is 0. The Morgan fingerprint density at radius 2 is 1.86 bits per heavy atom. The van der Waals surface area contributed by atoms with Gasteiger partial charge in [-0.3, -0.25) is 19.3 Å². The molecule has 0 aliphatic heterocycles. The molecule has 0 heterocycles. The van der Waals surface area contributed by atoms with Gasteiger partial charge in [-0.15, -0.1) is 0 Å². The van der Waals surface area contributed by atoms with Crippen LogP contribution >= 0.6 is 0 Å². The van der Waals surface area contributed by atoms with Gasteiger partial charge < -0.3 is 5.32 Å². The van der Waals surface area contributed by atoms with E-state index in [0.29, 0.717) is 24.1 Å². The number of carbonyl (C=O) groups is 1. The van der Waals surface area contributed by atoms with E-state index in [0.717, 1.165) is 5.56 Å². The Bertz CT molecular complexity index is 1020. The van der Waals surface area contributed by atoms with Gasteiger partial charge in [0.25, 0.3) is 10.9 Å². The molecular formula is C23H29N3O3. The van der Waals surface area contributed by atoms with Crippen molar-refractivity contribution in [1.82, 2.24) is 0 Å². The summed E-state index contributed by atoms with van der Waals surface area (Å²) in [5.74, 6) is -0.245. The molecule has 2 rings (SSSR count). The number of anilines is 3. The summed E-state index contributed by atoms with van der Waals surface area (Å²) in [7, 11) is 0. The van der Waals surface area contributed by atoms with Gasteiger partial charge in [-0.2, -0.15) is 5.26 Å². The lowest BCUT2D eigenvalue weighted by molar-refractivity contribution is -0.117. The number of hydrogen-bond donors (Lipinski definition) is 1. The zero-order valence-electron chi connectivity index (χ0n) is 18.0. The first kappa shape index (κ1) is 22.4. The van der Waals surface area contributed by atoms with Crippen LogP contribution in [-0.4, -0.2) is 11.9 Å². The van der Waals surface area contributed by atoms with E-state index in [1.54, 1.807) is 18.2 Å². The summed E-state index contributed by atoms with van der Waals surface area (Å²) in [6, 6.07) is 7.04. The Morgan fingerprint density at radius 1 is 1.21 bits per heavy atom. The minimum Gasteiger partial charge on any atom is -0.377 e. The first-order valence-electron chi connectivity index (χ1n) is 10.0. The predicted octanol–water partition coefficient (Wildman–Crippen LogP) is 4.03. The molecule has 0 aromatic heterocycles. The molecule has 1 unspecified atom stereocenters. The fraction of sp³-hybridized carbons (Fsp3) is 0.478. The van der Waals surface area contributed by atoms with E-state index in [-0.39, 0.29) is 35.2 Å². The van der Waals surface area contributed by atoms with Crippen LogP contribution in [-0.2, 0) is 11.2 Å². The Kier molecular flexibility index (Phi) is 6.63. The second-order valence-electron chi connectivity index (χ2n) is 8.40. The lowest BCUT2D eigenvalue weighted by atomic mass is 9.87. The summed E-state index contributed by atoms with van der Waals surface area (Å²) in [5.41, 5.74) is 0.690. The van der Waals surface area contributed by atoms with Crippen LogP contribution in [0.5, 0.6) is 0 Å². The number of nitriles is 1. The third-order valence-corrected chi connectivity index (χ3v) is 5.31. The highest BCUT2D eigenvalue weighted by Gasteiger charge is 2.33. The van der Waals surface area contributed by atoms with Crippen LogP contribution in [0.15, 0.2) is 27.8 Å². The summed E-state index contributed by atoms with van der Waals surface area (Å²) in [5, 5.41) is 12.3. The Labute approximate surface area is 171 Å². The van der Waals surface area contributed by atoms with Crippen molar-refractivity contribution in [2.75, 3.05) is 10.2 Å². The van der Waals surface area contributed by atoms with Gasteiger partial charge in [-0.1, -0.05) is 34.6 Å². The summed E-state index contributed by atoms with van der Waals surface area (Å²) in [6.45, 7) is 11.9. The first-order chi connectivity index (χ1) is 13.6. The maximum absolute atomic E-state index is 13.0. The lowest BCUT2D eigenvalue weighted by Crippen LogP contribution is -2.45. The molecule has 6 nitrogen and oxygen atoms in total. The number of nitrogens with zero attached hydrogens (tertiary/aromatic N) is 2. The molecule has 2 aromatic rings. The highest BCUT2D eigenvalue weighted by Crippen LogP contribution is 2.34. The molecule has 1 amide bonds. The molecule has 0 saturated heterocycles. The van der Waals surface area contributed by atoms with E-state index in [4.69, 9.17) is 0 Å². The first-order valence-corrected chi connectivity index (χ1v) is 10.0. The van der Waals surface area contributed by atoms with Gasteiger partial charge in [0.05, 0.1) is 17.3 Å². The van der Waals surface area contributed by atoms with Crippen LogP contribution in [0.1, 0.15) is 65.5 Å². The van der Waals surface area contributed by atoms with Crippen LogP contribution < -0.4 is 21.1 Å². The lowest BCUT2D eigenvalue weighted by Gasteiger charge is -2.33. The number of carbonyl (C=O) groups excluding carboxylic acids is 1. The third kappa shape index (κ3) is 4.40. The van der Waals surface area contributed by atoms with E-state index >= 15 is 0 Å². The molecule has 0 bridgehead atoms. The van der Waals surface area contributed by atoms with E-state index in [9.17, 15) is 19.6 Å². The normalized spacial score (nSPS) is 12.4. The SMILES string of the molecule is CCCC(=O)N(c1ccc(C#N)cc1CC)c1c(NC(C)C(C)(C)C)c(=O)c1=O.